The Balaban J connectivity index is 0.00000256. The van der Waals surface area contributed by atoms with Gasteiger partial charge in [-0.05, 0) is 13.5 Å². The van der Waals surface area contributed by atoms with Crippen molar-refractivity contribution in [2.45, 2.75) is 13.8 Å². The van der Waals surface area contributed by atoms with Crippen LogP contribution in [0.2, 0.25) is 0 Å². The number of amides is 1. The van der Waals surface area contributed by atoms with E-state index in [1.54, 1.807) is 6.92 Å². The van der Waals surface area contributed by atoms with Gasteiger partial charge in [-0.1, -0.05) is 6.92 Å². The van der Waals surface area contributed by atoms with Gasteiger partial charge in [-0.15, -0.1) is 12.4 Å². The number of aromatic amines is 1. The normalized spacial score (nSPS) is 9.53. The Kier molecular flexibility index (Phi) is 7.25. The molecule has 0 aliphatic carbocycles. The number of hydrogen-bond donors (Lipinski definition) is 3. The summed E-state index contributed by atoms with van der Waals surface area (Å²) in [6.07, 6.45) is 1.44. The smallest absolute Gasteiger partial charge is 0.256 e. The van der Waals surface area contributed by atoms with Crippen molar-refractivity contribution in [2.24, 2.45) is 0 Å². The number of H-pyrrole nitrogens is 1. The van der Waals surface area contributed by atoms with Crippen LogP contribution in [0.15, 0.2) is 17.1 Å². The highest BCUT2D eigenvalue weighted by Crippen LogP contribution is 1.91. The van der Waals surface area contributed by atoms with Gasteiger partial charge in [0.05, 0.1) is 0 Å². The first kappa shape index (κ1) is 15.7. The molecule has 17 heavy (non-hydrogen) atoms. The summed E-state index contributed by atoms with van der Waals surface area (Å²) in [5.74, 6) is -0.334. The summed E-state index contributed by atoms with van der Waals surface area (Å²) >= 11 is 0. The lowest BCUT2D eigenvalue weighted by Crippen LogP contribution is -2.34. The van der Waals surface area contributed by atoms with E-state index in [0.29, 0.717) is 13.1 Å². The molecule has 0 saturated carbocycles. The van der Waals surface area contributed by atoms with E-state index < -0.39 is 0 Å². The number of carbonyl (C=O) groups is 1. The van der Waals surface area contributed by atoms with Crippen LogP contribution in [0.4, 0.5) is 0 Å². The highest BCUT2D eigenvalue weighted by atomic mass is 35.5. The summed E-state index contributed by atoms with van der Waals surface area (Å²) < 4.78 is 0. The number of likely N-dealkylation sites (N-methyl/N-ethyl adjacent to an activating group) is 1. The molecular formula is C11H18ClN3O2. The first-order valence-corrected chi connectivity index (χ1v) is 5.33. The molecule has 0 aromatic carbocycles. The molecule has 1 aromatic rings. The zero-order valence-corrected chi connectivity index (χ0v) is 10.8. The summed E-state index contributed by atoms with van der Waals surface area (Å²) in [4.78, 5) is 25.9. The summed E-state index contributed by atoms with van der Waals surface area (Å²) in [5, 5.41) is 5.75. The number of aryl methyl sites for hydroxylation is 1. The molecule has 1 rings (SSSR count). The molecule has 1 aromatic heterocycles. The van der Waals surface area contributed by atoms with Crippen LogP contribution < -0.4 is 16.1 Å². The molecule has 5 nitrogen and oxygen atoms in total. The van der Waals surface area contributed by atoms with E-state index in [0.717, 1.165) is 12.2 Å². The van der Waals surface area contributed by atoms with E-state index in [9.17, 15) is 9.59 Å². The second-order valence-electron chi connectivity index (χ2n) is 3.50. The third kappa shape index (κ3) is 5.01. The summed E-state index contributed by atoms with van der Waals surface area (Å²) in [6, 6.07) is 1.42. The van der Waals surface area contributed by atoms with E-state index in [2.05, 4.69) is 15.6 Å². The Morgan fingerprint density at radius 1 is 1.41 bits per heavy atom. The molecule has 0 atom stereocenters. The van der Waals surface area contributed by atoms with Crippen LogP contribution in [0.25, 0.3) is 0 Å². The standard InChI is InChI=1S/C11H17N3O2.ClH/c1-3-12-4-5-13-11(16)9-7-14-8(2)6-10(9)15;/h6-7,12H,3-5H2,1-2H3,(H,13,16)(H,14,15);1H. The van der Waals surface area contributed by atoms with Gasteiger partial charge in [0, 0.05) is 31.0 Å². The molecule has 0 aliphatic rings. The van der Waals surface area contributed by atoms with Crippen molar-refractivity contribution in [1.82, 2.24) is 15.6 Å². The number of rotatable bonds is 5. The monoisotopic (exact) mass is 259 g/mol. The largest absolute Gasteiger partial charge is 0.364 e. The van der Waals surface area contributed by atoms with Crippen LogP contribution >= 0.6 is 12.4 Å². The minimum atomic E-state index is -0.334. The molecule has 0 radical (unpaired) electrons. The number of pyridine rings is 1. The van der Waals surface area contributed by atoms with Gasteiger partial charge in [0.1, 0.15) is 5.56 Å². The van der Waals surface area contributed by atoms with E-state index in [1.165, 1.54) is 12.3 Å². The van der Waals surface area contributed by atoms with Crippen LogP contribution in [0.1, 0.15) is 23.0 Å². The predicted octanol–water partition coefficient (Wildman–Crippen LogP) is 0.444. The Morgan fingerprint density at radius 2 is 2.12 bits per heavy atom. The van der Waals surface area contributed by atoms with Gasteiger partial charge >= 0.3 is 0 Å². The number of halogens is 1. The molecule has 3 N–H and O–H groups in total. The Morgan fingerprint density at radius 3 is 2.71 bits per heavy atom. The van der Waals surface area contributed by atoms with Gasteiger partial charge in [-0.2, -0.15) is 0 Å². The Hall–Kier alpha value is -1.33. The Labute approximate surface area is 106 Å². The molecule has 96 valence electrons. The quantitative estimate of drug-likeness (QED) is 0.672. The van der Waals surface area contributed by atoms with Crippen molar-refractivity contribution in [3.63, 3.8) is 0 Å². The molecule has 0 saturated heterocycles. The topological polar surface area (TPSA) is 74.0 Å². The third-order valence-corrected chi connectivity index (χ3v) is 2.14. The first-order chi connectivity index (χ1) is 7.65. The number of nitrogens with one attached hydrogen (secondary N) is 3. The van der Waals surface area contributed by atoms with Gasteiger partial charge in [0.25, 0.3) is 5.91 Å². The second-order valence-corrected chi connectivity index (χ2v) is 3.50. The number of carbonyl (C=O) groups excluding carboxylic acids is 1. The molecule has 6 heteroatoms. The van der Waals surface area contributed by atoms with Crippen molar-refractivity contribution in [3.8, 4) is 0 Å². The molecule has 0 unspecified atom stereocenters. The predicted molar refractivity (Wildman–Crippen MR) is 69.9 cm³/mol. The maximum Gasteiger partial charge on any atom is 0.256 e. The fourth-order valence-electron chi connectivity index (χ4n) is 1.29. The average molecular weight is 260 g/mol. The van der Waals surface area contributed by atoms with E-state index in [4.69, 9.17) is 0 Å². The first-order valence-electron chi connectivity index (χ1n) is 5.33. The zero-order chi connectivity index (χ0) is 12.0. The molecule has 0 spiro atoms. The summed E-state index contributed by atoms with van der Waals surface area (Å²) in [5.41, 5.74) is 0.647. The maximum atomic E-state index is 11.6. The minimum absolute atomic E-state index is 0. The molecule has 0 aliphatic heterocycles. The number of hydrogen-bond acceptors (Lipinski definition) is 3. The van der Waals surface area contributed by atoms with E-state index >= 15 is 0 Å². The number of aromatic nitrogens is 1. The van der Waals surface area contributed by atoms with Crippen molar-refractivity contribution >= 4 is 18.3 Å². The van der Waals surface area contributed by atoms with Gasteiger partial charge < -0.3 is 15.6 Å². The maximum absolute atomic E-state index is 11.6. The molecule has 0 bridgehead atoms. The Bertz CT molecular complexity index is 417. The lowest BCUT2D eigenvalue weighted by atomic mass is 10.2. The van der Waals surface area contributed by atoms with Gasteiger partial charge in [0.2, 0.25) is 0 Å². The van der Waals surface area contributed by atoms with Crippen LogP contribution in [0, 0.1) is 6.92 Å². The average Bonchev–Trinajstić information content (AvgIpc) is 2.24. The van der Waals surface area contributed by atoms with Crippen molar-refractivity contribution in [1.29, 1.82) is 0 Å². The summed E-state index contributed by atoms with van der Waals surface area (Å²) in [6.45, 7) is 5.84. The van der Waals surface area contributed by atoms with Crippen LogP contribution in [0.5, 0.6) is 0 Å². The molecule has 0 fully saturated rings. The van der Waals surface area contributed by atoms with Gasteiger partial charge in [-0.3, -0.25) is 9.59 Å². The van der Waals surface area contributed by atoms with Crippen molar-refractivity contribution in [3.05, 3.63) is 33.7 Å². The van der Waals surface area contributed by atoms with Crippen LogP contribution in [-0.4, -0.2) is 30.5 Å². The lowest BCUT2D eigenvalue weighted by Gasteiger charge is -2.05. The second kappa shape index (κ2) is 7.86. The van der Waals surface area contributed by atoms with Gasteiger partial charge in [0.15, 0.2) is 5.43 Å². The fourth-order valence-corrected chi connectivity index (χ4v) is 1.29. The van der Waals surface area contributed by atoms with Crippen molar-refractivity contribution in [2.75, 3.05) is 19.6 Å². The lowest BCUT2D eigenvalue weighted by molar-refractivity contribution is 0.0952. The summed E-state index contributed by atoms with van der Waals surface area (Å²) in [7, 11) is 0. The van der Waals surface area contributed by atoms with E-state index in [-0.39, 0.29) is 29.3 Å². The van der Waals surface area contributed by atoms with Crippen LogP contribution in [-0.2, 0) is 0 Å². The van der Waals surface area contributed by atoms with E-state index in [1.807, 2.05) is 6.92 Å². The van der Waals surface area contributed by atoms with Crippen LogP contribution in [0.3, 0.4) is 0 Å². The molecule has 1 heterocycles. The molecular weight excluding hydrogens is 242 g/mol. The third-order valence-electron chi connectivity index (χ3n) is 2.14. The fraction of sp³-hybridized carbons (Fsp3) is 0.455. The highest BCUT2D eigenvalue weighted by molar-refractivity contribution is 5.93. The van der Waals surface area contributed by atoms with Crippen molar-refractivity contribution < 1.29 is 4.79 Å². The molecule has 1 amide bonds. The SMILES string of the molecule is CCNCCNC(=O)c1c[nH]c(C)cc1=O.Cl. The van der Waals surface area contributed by atoms with Gasteiger partial charge in [-0.25, -0.2) is 0 Å². The minimum Gasteiger partial charge on any atom is -0.364 e. The zero-order valence-electron chi connectivity index (χ0n) is 10.0. The highest BCUT2D eigenvalue weighted by Gasteiger charge is 2.08.